The lowest BCUT2D eigenvalue weighted by molar-refractivity contribution is -0.122. The summed E-state index contributed by atoms with van der Waals surface area (Å²) in [5, 5.41) is 5.19. The molecule has 1 amide bonds. The highest BCUT2D eigenvalue weighted by Gasteiger charge is 2.15. The van der Waals surface area contributed by atoms with Gasteiger partial charge in [-0.05, 0) is 53.1 Å². The van der Waals surface area contributed by atoms with Crippen molar-refractivity contribution in [2.45, 2.75) is 19.4 Å². The van der Waals surface area contributed by atoms with Gasteiger partial charge in [-0.3, -0.25) is 4.79 Å². The highest BCUT2D eigenvalue weighted by molar-refractivity contribution is 5.88. The van der Waals surface area contributed by atoms with E-state index in [1.54, 1.807) is 14.2 Å². The van der Waals surface area contributed by atoms with Gasteiger partial charge in [-0.15, -0.1) is 0 Å². The number of carbonyl (C=O) groups excluding carboxylic acids is 1. The van der Waals surface area contributed by atoms with Gasteiger partial charge in [0.1, 0.15) is 11.5 Å². The molecule has 1 N–H and O–H groups in total. The van der Waals surface area contributed by atoms with Gasteiger partial charge in [0, 0.05) is 6.54 Å². The third-order valence-corrected chi connectivity index (χ3v) is 4.57. The van der Waals surface area contributed by atoms with Crippen LogP contribution in [0.15, 0.2) is 60.7 Å². The molecule has 0 bridgehead atoms. The minimum absolute atomic E-state index is 0.000631. The summed E-state index contributed by atoms with van der Waals surface area (Å²) in [7, 11) is 3.29. The van der Waals surface area contributed by atoms with E-state index in [9.17, 15) is 4.79 Å². The maximum atomic E-state index is 12.5. The first-order valence-corrected chi connectivity index (χ1v) is 8.59. The van der Waals surface area contributed by atoms with Gasteiger partial charge in [0.2, 0.25) is 5.91 Å². The predicted octanol–water partition coefficient (Wildman–Crippen LogP) is 4.28. The molecule has 0 heterocycles. The quantitative estimate of drug-likeness (QED) is 0.723. The second-order valence-corrected chi connectivity index (χ2v) is 6.26. The van der Waals surface area contributed by atoms with E-state index in [0.29, 0.717) is 6.54 Å². The molecule has 26 heavy (non-hydrogen) atoms. The van der Waals surface area contributed by atoms with E-state index in [0.717, 1.165) is 33.4 Å². The zero-order valence-corrected chi connectivity index (χ0v) is 15.3. The van der Waals surface area contributed by atoms with E-state index in [1.165, 1.54) is 0 Å². The second kappa shape index (κ2) is 7.91. The highest BCUT2D eigenvalue weighted by atomic mass is 16.5. The number of ether oxygens (including phenoxy) is 2. The van der Waals surface area contributed by atoms with Crippen LogP contribution in [-0.2, 0) is 11.3 Å². The molecule has 0 aromatic heterocycles. The van der Waals surface area contributed by atoms with Crippen LogP contribution in [0, 0.1) is 0 Å². The van der Waals surface area contributed by atoms with Crippen LogP contribution in [0.1, 0.15) is 24.0 Å². The Hall–Kier alpha value is -3.01. The van der Waals surface area contributed by atoms with Crippen LogP contribution in [0.5, 0.6) is 11.5 Å². The van der Waals surface area contributed by atoms with E-state index in [4.69, 9.17) is 9.47 Å². The third-order valence-electron chi connectivity index (χ3n) is 4.57. The van der Waals surface area contributed by atoms with Crippen LogP contribution in [0.2, 0.25) is 0 Å². The van der Waals surface area contributed by atoms with Gasteiger partial charge < -0.3 is 14.8 Å². The summed E-state index contributed by atoms with van der Waals surface area (Å²) in [5.41, 5.74) is 2.00. The summed E-state index contributed by atoms with van der Waals surface area (Å²) < 4.78 is 10.5. The van der Waals surface area contributed by atoms with Crippen molar-refractivity contribution in [3.05, 3.63) is 71.8 Å². The average molecular weight is 349 g/mol. The van der Waals surface area contributed by atoms with Gasteiger partial charge in [0.25, 0.3) is 0 Å². The number of methoxy groups -OCH3 is 2. The predicted molar refractivity (Wildman–Crippen MR) is 104 cm³/mol. The van der Waals surface area contributed by atoms with Crippen molar-refractivity contribution in [2.24, 2.45) is 0 Å². The highest BCUT2D eigenvalue weighted by Crippen LogP contribution is 2.25. The average Bonchev–Trinajstić information content (AvgIpc) is 2.70. The largest absolute Gasteiger partial charge is 0.497 e. The van der Waals surface area contributed by atoms with Gasteiger partial charge >= 0.3 is 0 Å². The number of amides is 1. The molecule has 0 radical (unpaired) electrons. The summed E-state index contributed by atoms with van der Waals surface area (Å²) in [6, 6.07) is 19.7. The van der Waals surface area contributed by atoms with E-state index < -0.39 is 0 Å². The fourth-order valence-corrected chi connectivity index (χ4v) is 2.91. The number of hydrogen-bond acceptors (Lipinski definition) is 3. The summed E-state index contributed by atoms with van der Waals surface area (Å²) >= 11 is 0. The van der Waals surface area contributed by atoms with Crippen molar-refractivity contribution in [2.75, 3.05) is 14.2 Å². The zero-order valence-electron chi connectivity index (χ0n) is 15.3. The van der Waals surface area contributed by atoms with Crippen molar-refractivity contribution in [3.8, 4) is 11.5 Å². The summed E-state index contributed by atoms with van der Waals surface area (Å²) in [6.45, 7) is 2.40. The second-order valence-electron chi connectivity index (χ2n) is 6.26. The van der Waals surface area contributed by atoms with Crippen molar-refractivity contribution < 1.29 is 14.3 Å². The molecule has 4 heteroatoms. The first-order chi connectivity index (χ1) is 12.6. The topological polar surface area (TPSA) is 47.6 Å². The Morgan fingerprint density at radius 3 is 2.38 bits per heavy atom. The van der Waals surface area contributed by atoms with Gasteiger partial charge in [0.15, 0.2) is 0 Å². The number of benzene rings is 3. The Morgan fingerprint density at radius 2 is 1.62 bits per heavy atom. The van der Waals surface area contributed by atoms with Crippen LogP contribution in [-0.4, -0.2) is 20.1 Å². The summed E-state index contributed by atoms with van der Waals surface area (Å²) in [6.07, 6.45) is 0. The lowest BCUT2D eigenvalue weighted by Crippen LogP contribution is -2.27. The summed E-state index contributed by atoms with van der Waals surface area (Å²) in [5.74, 6) is 1.39. The Kier molecular flexibility index (Phi) is 5.42. The van der Waals surface area contributed by atoms with Crippen LogP contribution < -0.4 is 14.8 Å². The molecule has 134 valence electrons. The number of hydrogen-bond donors (Lipinski definition) is 1. The standard InChI is InChI=1S/C22H23NO3/c1-15(22(24)23-14-16-5-4-6-20(11-16)25-2)17-7-8-19-13-21(26-3)10-9-18(19)12-17/h4-13,15H,14H2,1-3H3,(H,23,24)/t15-/m0/s1. The normalized spacial score (nSPS) is 11.8. The fraction of sp³-hybridized carbons (Fsp3) is 0.227. The number of rotatable bonds is 6. The fourth-order valence-electron chi connectivity index (χ4n) is 2.91. The molecule has 3 aromatic rings. The molecule has 0 unspecified atom stereocenters. The zero-order chi connectivity index (χ0) is 18.5. The van der Waals surface area contributed by atoms with Crippen molar-refractivity contribution in [3.63, 3.8) is 0 Å². The first-order valence-electron chi connectivity index (χ1n) is 8.59. The minimum Gasteiger partial charge on any atom is -0.497 e. The molecule has 0 saturated carbocycles. The van der Waals surface area contributed by atoms with Crippen LogP contribution >= 0.6 is 0 Å². The Balaban J connectivity index is 1.70. The lowest BCUT2D eigenvalue weighted by Gasteiger charge is -2.14. The van der Waals surface area contributed by atoms with Crippen LogP contribution in [0.25, 0.3) is 10.8 Å². The molecule has 0 fully saturated rings. The summed E-state index contributed by atoms with van der Waals surface area (Å²) in [4.78, 5) is 12.5. The first kappa shape index (κ1) is 17.8. The van der Waals surface area contributed by atoms with Gasteiger partial charge in [-0.1, -0.05) is 36.4 Å². The monoisotopic (exact) mass is 349 g/mol. The number of fused-ring (bicyclic) bond motifs is 1. The molecule has 0 spiro atoms. The molecule has 0 aliphatic heterocycles. The van der Waals surface area contributed by atoms with Crippen molar-refractivity contribution in [1.29, 1.82) is 0 Å². The number of nitrogens with one attached hydrogen (secondary N) is 1. The molecule has 0 aliphatic carbocycles. The van der Waals surface area contributed by atoms with Crippen LogP contribution in [0.3, 0.4) is 0 Å². The number of carbonyl (C=O) groups is 1. The lowest BCUT2D eigenvalue weighted by atomic mass is 9.97. The van der Waals surface area contributed by atoms with Gasteiger partial charge in [0.05, 0.1) is 20.1 Å². The van der Waals surface area contributed by atoms with E-state index >= 15 is 0 Å². The molecule has 4 nitrogen and oxygen atoms in total. The maximum Gasteiger partial charge on any atom is 0.227 e. The van der Waals surface area contributed by atoms with Gasteiger partial charge in [-0.25, -0.2) is 0 Å². The van der Waals surface area contributed by atoms with Crippen molar-refractivity contribution in [1.82, 2.24) is 5.32 Å². The molecule has 0 aliphatic rings. The van der Waals surface area contributed by atoms with Gasteiger partial charge in [-0.2, -0.15) is 0 Å². The third kappa shape index (κ3) is 3.97. The Bertz CT molecular complexity index is 920. The molecule has 3 rings (SSSR count). The SMILES string of the molecule is COc1cccc(CNC(=O)[C@@H](C)c2ccc3cc(OC)ccc3c2)c1. The minimum atomic E-state index is -0.230. The van der Waals surface area contributed by atoms with E-state index in [1.807, 2.05) is 61.5 Å². The van der Waals surface area contributed by atoms with Crippen molar-refractivity contribution >= 4 is 16.7 Å². The molecular weight excluding hydrogens is 326 g/mol. The van der Waals surface area contributed by atoms with E-state index in [-0.39, 0.29) is 11.8 Å². The molecule has 0 saturated heterocycles. The smallest absolute Gasteiger partial charge is 0.227 e. The van der Waals surface area contributed by atoms with Crippen LogP contribution in [0.4, 0.5) is 0 Å². The maximum absolute atomic E-state index is 12.5. The van der Waals surface area contributed by atoms with E-state index in [2.05, 4.69) is 11.4 Å². The molecular formula is C22H23NO3. The molecule has 1 atom stereocenters. The Labute approximate surface area is 153 Å². The Morgan fingerprint density at radius 1 is 0.923 bits per heavy atom. The molecule has 3 aromatic carbocycles.